The molecule has 0 aromatic carbocycles. The van der Waals surface area contributed by atoms with Crippen LogP contribution in [0.3, 0.4) is 0 Å². The van der Waals surface area contributed by atoms with Crippen LogP contribution in [-0.4, -0.2) is 76.5 Å². The maximum atomic E-state index is 12.8. The molecule has 0 aliphatic carbocycles. The number of H-pyrrole nitrogens is 1. The predicted molar refractivity (Wildman–Crippen MR) is 117 cm³/mol. The number of aromatic nitrogens is 3. The summed E-state index contributed by atoms with van der Waals surface area (Å²) in [6, 6.07) is 3.78. The first-order chi connectivity index (χ1) is 14.7. The van der Waals surface area contributed by atoms with Crippen LogP contribution in [0.2, 0.25) is 0 Å². The number of hydrogen-bond acceptors (Lipinski definition) is 8. The van der Waals surface area contributed by atoms with Crippen molar-refractivity contribution in [2.75, 3.05) is 44.3 Å². The van der Waals surface area contributed by atoms with Crippen molar-refractivity contribution in [1.29, 1.82) is 0 Å². The van der Waals surface area contributed by atoms with Gasteiger partial charge in [0.15, 0.2) is 5.65 Å². The molecule has 0 spiro atoms. The molecule has 10 heteroatoms. The lowest BCUT2D eigenvalue weighted by Crippen LogP contribution is -2.45. The van der Waals surface area contributed by atoms with Crippen LogP contribution in [0.4, 0.5) is 5.69 Å². The molecule has 9 nitrogen and oxygen atoms in total. The van der Waals surface area contributed by atoms with Crippen molar-refractivity contribution in [2.45, 2.75) is 18.9 Å². The molecule has 4 heterocycles. The van der Waals surface area contributed by atoms with Crippen molar-refractivity contribution in [3.05, 3.63) is 29.3 Å². The van der Waals surface area contributed by atoms with Crippen LogP contribution in [0.15, 0.2) is 23.7 Å². The van der Waals surface area contributed by atoms with Crippen LogP contribution >= 0.6 is 11.3 Å². The normalized spacial score (nSPS) is 16.7. The first kappa shape index (κ1) is 20.7. The molecule has 1 amide bonds. The molecule has 160 valence electrons. The molecular formula is C20H26N6O3S. The third-order valence-electron chi connectivity index (χ3n) is 5.19. The Morgan fingerprint density at radius 3 is 2.90 bits per heavy atom. The van der Waals surface area contributed by atoms with Crippen LogP contribution < -0.4 is 15.5 Å². The smallest absolute Gasteiger partial charge is 0.253 e. The van der Waals surface area contributed by atoms with Gasteiger partial charge in [0.2, 0.25) is 0 Å². The highest BCUT2D eigenvalue weighted by atomic mass is 32.1. The first-order valence-corrected chi connectivity index (χ1v) is 11.0. The zero-order valence-corrected chi connectivity index (χ0v) is 17.4. The van der Waals surface area contributed by atoms with Crippen LogP contribution in [0.25, 0.3) is 21.9 Å². The number of pyridine rings is 1. The number of thiophene rings is 1. The molecule has 1 saturated heterocycles. The topological polar surface area (TPSA) is 126 Å². The predicted octanol–water partition coefficient (Wildman–Crippen LogP) is 0.959. The van der Waals surface area contributed by atoms with Crippen molar-refractivity contribution < 1.29 is 15.0 Å². The van der Waals surface area contributed by atoms with Gasteiger partial charge < -0.3 is 30.7 Å². The van der Waals surface area contributed by atoms with Gasteiger partial charge in [-0.25, -0.2) is 9.97 Å². The molecule has 1 atom stereocenters. The zero-order valence-electron chi connectivity index (χ0n) is 16.6. The first-order valence-electron chi connectivity index (χ1n) is 10.1. The van der Waals surface area contributed by atoms with Gasteiger partial charge in [-0.15, -0.1) is 11.3 Å². The molecule has 1 fully saturated rings. The molecule has 4 rings (SSSR count). The molecule has 1 aliphatic heterocycles. The lowest BCUT2D eigenvalue weighted by Gasteiger charge is -2.23. The number of hydrogen-bond donors (Lipinski definition) is 5. The summed E-state index contributed by atoms with van der Waals surface area (Å²) in [5.41, 5.74) is 2.53. The van der Waals surface area contributed by atoms with Gasteiger partial charge in [-0.3, -0.25) is 4.79 Å². The summed E-state index contributed by atoms with van der Waals surface area (Å²) in [4.78, 5) is 27.8. The molecule has 3 aromatic rings. The van der Waals surface area contributed by atoms with E-state index in [9.17, 15) is 15.0 Å². The summed E-state index contributed by atoms with van der Waals surface area (Å²) in [7, 11) is 0. The van der Waals surface area contributed by atoms with E-state index in [4.69, 9.17) is 0 Å². The Balaban J connectivity index is 1.58. The number of nitrogens with one attached hydrogen (secondary N) is 3. The highest BCUT2D eigenvalue weighted by Crippen LogP contribution is 2.31. The number of carbonyl (C=O) groups is 1. The van der Waals surface area contributed by atoms with E-state index in [0.29, 0.717) is 35.6 Å². The molecule has 1 unspecified atom stereocenters. The molecule has 1 aliphatic rings. The van der Waals surface area contributed by atoms with E-state index < -0.39 is 0 Å². The van der Waals surface area contributed by atoms with Crippen molar-refractivity contribution in [1.82, 2.24) is 25.6 Å². The highest BCUT2D eigenvalue weighted by Gasteiger charge is 2.20. The van der Waals surface area contributed by atoms with Gasteiger partial charge in [-0.05, 0) is 31.5 Å². The summed E-state index contributed by atoms with van der Waals surface area (Å²) in [6.07, 6.45) is 3.63. The lowest BCUT2D eigenvalue weighted by molar-refractivity contribution is 0.0932. The zero-order chi connectivity index (χ0) is 20.9. The second-order valence-corrected chi connectivity index (χ2v) is 8.17. The van der Waals surface area contributed by atoms with Gasteiger partial charge in [-0.2, -0.15) is 0 Å². The van der Waals surface area contributed by atoms with Crippen molar-refractivity contribution in [3.8, 4) is 10.7 Å². The number of aliphatic hydroxyl groups excluding tert-OH is 2. The number of nitrogens with zero attached hydrogens (tertiary/aromatic N) is 3. The Labute approximate surface area is 178 Å². The van der Waals surface area contributed by atoms with E-state index in [-0.39, 0.29) is 25.2 Å². The van der Waals surface area contributed by atoms with Gasteiger partial charge in [0, 0.05) is 42.9 Å². The Kier molecular flexibility index (Phi) is 6.58. The number of rotatable bonds is 8. The van der Waals surface area contributed by atoms with Crippen LogP contribution in [0.5, 0.6) is 0 Å². The molecule has 30 heavy (non-hydrogen) atoms. The molecular weight excluding hydrogens is 404 g/mol. The van der Waals surface area contributed by atoms with E-state index in [1.165, 1.54) is 11.3 Å². The van der Waals surface area contributed by atoms with E-state index in [1.54, 1.807) is 12.3 Å². The Hall–Kier alpha value is -2.53. The van der Waals surface area contributed by atoms with Crippen molar-refractivity contribution in [3.63, 3.8) is 0 Å². The summed E-state index contributed by atoms with van der Waals surface area (Å²) in [5, 5.41) is 26.9. The molecule has 0 bridgehead atoms. The van der Waals surface area contributed by atoms with E-state index in [2.05, 4.69) is 25.6 Å². The number of aromatic amines is 1. The fourth-order valence-electron chi connectivity index (χ4n) is 3.68. The van der Waals surface area contributed by atoms with Crippen LogP contribution in [0, 0.1) is 0 Å². The number of carbonyl (C=O) groups excluding carboxylic acids is 1. The minimum absolute atomic E-state index is 0.00865. The Morgan fingerprint density at radius 2 is 2.17 bits per heavy atom. The molecule has 0 saturated carbocycles. The third-order valence-corrected chi connectivity index (χ3v) is 6.11. The van der Waals surface area contributed by atoms with Crippen LogP contribution in [-0.2, 0) is 0 Å². The summed E-state index contributed by atoms with van der Waals surface area (Å²) >= 11 is 1.51. The van der Waals surface area contributed by atoms with Crippen molar-refractivity contribution in [2.24, 2.45) is 0 Å². The molecule has 0 radical (unpaired) electrons. The van der Waals surface area contributed by atoms with E-state index in [1.807, 2.05) is 16.3 Å². The summed E-state index contributed by atoms with van der Waals surface area (Å²) in [6.45, 7) is 2.67. The van der Waals surface area contributed by atoms with Gasteiger partial charge >= 0.3 is 0 Å². The average molecular weight is 431 g/mol. The SMILES string of the molecule is O=C(NC1CCCNC1)c1ccnc2[nH]c(-c3cc(N(CCO)CCO)cs3)nc12. The number of anilines is 1. The Bertz CT molecular complexity index is 992. The summed E-state index contributed by atoms with van der Waals surface area (Å²) < 4.78 is 0. The Morgan fingerprint density at radius 1 is 1.33 bits per heavy atom. The lowest BCUT2D eigenvalue weighted by atomic mass is 10.1. The number of aliphatic hydroxyl groups is 2. The van der Waals surface area contributed by atoms with Gasteiger partial charge in [0.05, 0.1) is 23.7 Å². The van der Waals surface area contributed by atoms with Gasteiger partial charge in [0.1, 0.15) is 11.3 Å². The second kappa shape index (κ2) is 9.52. The maximum Gasteiger partial charge on any atom is 0.253 e. The monoisotopic (exact) mass is 430 g/mol. The molecule has 5 N–H and O–H groups in total. The van der Waals surface area contributed by atoms with Gasteiger partial charge in [-0.1, -0.05) is 0 Å². The minimum Gasteiger partial charge on any atom is -0.395 e. The van der Waals surface area contributed by atoms with Gasteiger partial charge in [0.25, 0.3) is 5.91 Å². The molecule has 3 aromatic heterocycles. The highest BCUT2D eigenvalue weighted by molar-refractivity contribution is 7.14. The quantitative estimate of drug-likeness (QED) is 0.360. The minimum atomic E-state index is -0.141. The number of amides is 1. The van der Waals surface area contributed by atoms with Crippen LogP contribution in [0.1, 0.15) is 23.2 Å². The summed E-state index contributed by atoms with van der Waals surface area (Å²) in [5.74, 6) is 0.499. The fourth-order valence-corrected chi connectivity index (χ4v) is 4.54. The van der Waals surface area contributed by atoms with E-state index in [0.717, 1.165) is 36.5 Å². The number of piperidine rings is 1. The second-order valence-electron chi connectivity index (χ2n) is 7.26. The maximum absolute atomic E-state index is 12.8. The standard InChI is InChI=1S/C20H26N6O3S/c27-8-6-26(7-9-28)14-10-16(30-12-14)18-24-17-15(3-5-22-19(17)25-18)20(29)23-13-2-1-4-21-11-13/h3,5,10,12-13,21,27-28H,1-2,4,6-9,11H2,(H,23,29)(H,22,24,25). The van der Waals surface area contributed by atoms with E-state index >= 15 is 0 Å². The third kappa shape index (κ3) is 4.46. The largest absolute Gasteiger partial charge is 0.395 e. The van der Waals surface area contributed by atoms with Crippen molar-refractivity contribution >= 4 is 34.1 Å². The fraction of sp³-hybridized carbons (Fsp3) is 0.450. The average Bonchev–Trinajstić information content (AvgIpc) is 3.41. The number of imidazole rings is 1. The number of fused-ring (bicyclic) bond motifs is 1.